The summed E-state index contributed by atoms with van der Waals surface area (Å²) in [7, 11) is 0. The molecule has 2 N–H and O–H groups in total. The number of hydrogen-bond acceptors (Lipinski definition) is 6. The lowest BCUT2D eigenvalue weighted by Gasteiger charge is -2.27. The smallest absolute Gasteiger partial charge is 0.373 e. The monoisotopic (exact) mass is 348 g/mol. The van der Waals surface area contributed by atoms with E-state index in [-0.39, 0.29) is 5.57 Å². The first-order valence-corrected chi connectivity index (χ1v) is 8.22. The van der Waals surface area contributed by atoms with E-state index >= 15 is 0 Å². The normalized spacial score (nSPS) is 35.0. The molecule has 1 fully saturated rings. The molecule has 0 saturated carbocycles. The van der Waals surface area contributed by atoms with Crippen molar-refractivity contribution >= 4 is 11.9 Å². The van der Waals surface area contributed by atoms with E-state index in [9.17, 15) is 19.8 Å². The quantitative estimate of drug-likeness (QED) is 0.345. The van der Waals surface area contributed by atoms with Crippen LogP contribution in [-0.2, 0) is 19.1 Å². The van der Waals surface area contributed by atoms with E-state index < -0.39 is 41.9 Å². The predicted molar refractivity (Wildman–Crippen MR) is 91.5 cm³/mol. The predicted octanol–water partition coefficient (Wildman–Crippen LogP) is 2.51. The summed E-state index contributed by atoms with van der Waals surface area (Å²) in [6.07, 6.45) is 3.50. The fourth-order valence-corrected chi connectivity index (χ4v) is 3.01. The molecule has 1 heterocycles. The Hall–Kier alpha value is -2.34. The molecule has 0 spiro atoms. The number of allylic oxidation sites excluding steroid dienone is 1. The molecular formula is C19H24O6. The van der Waals surface area contributed by atoms with Crippen LogP contribution in [0.5, 0.6) is 0 Å². The molecular weight excluding hydrogens is 324 g/mol. The number of hydrogen-bond donors (Lipinski definition) is 2. The highest BCUT2D eigenvalue weighted by Crippen LogP contribution is 2.36. The first-order chi connectivity index (χ1) is 11.7. The number of carbonyl (C=O) groups is 2. The lowest BCUT2D eigenvalue weighted by Crippen LogP contribution is -2.34. The average Bonchev–Trinajstić information content (AvgIpc) is 2.84. The van der Waals surface area contributed by atoms with E-state index in [1.54, 1.807) is 13.0 Å². The van der Waals surface area contributed by atoms with E-state index in [0.29, 0.717) is 18.4 Å². The van der Waals surface area contributed by atoms with E-state index in [1.165, 1.54) is 13.0 Å². The molecule has 2 aliphatic rings. The number of ether oxygens (including phenoxy) is 2. The van der Waals surface area contributed by atoms with Gasteiger partial charge < -0.3 is 19.7 Å². The molecule has 0 bridgehead atoms. The van der Waals surface area contributed by atoms with Crippen LogP contribution in [0.3, 0.4) is 0 Å². The number of aliphatic hydroxyl groups excluding tert-OH is 2. The van der Waals surface area contributed by atoms with Crippen LogP contribution in [0.15, 0.2) is 47.3 Å². The minimum absolute atomic E-state index is 0.217. The van der Waals surface area contributed by atoms with Gasteiger partial charge in [0.1, 0.15) is 12.2 Å². The molecule has 4 atom stereocenters. The van der Waals surface area contributed by atoms with Crippen molar-refractivity contribution < 1.29 is 29.3 Å². The molecule has 0 aromatic rings. The largest absolute Gasteiger partial charge is 0.502 e. The number of esters is 2. The third-order valence-corrected chi connectivity index (χ3v) is 4.57. The highest BCUT2D eigenvalue weighted by atomic mass is 16.6. The van der Waals surface area contributed by atoms with Gasteiger partial charge in [-0.3, -0.25) is 0 Å². The molecule has 2 rings (SSSR count). The van der Waals surface area contributed by atoms with Crippen molar-refractivity contribution in [3.63, 3.8) is 0 Å². The lowest BCUT2D eigenvalue weighted by atomic mass is 9.85. The standard InChI is InChI=1S/C19H24O6/c1-5-13(20)19(23)25-15-8-10(2)6-7-14(21)11(3)9-16-17(15)12(4)18(22)24-16/h5-6,9,14-17,20-21H,4,7-8H2,1-3H3/b10-6+,11-9-,13-5-/t14-,15-,16-,17-/m1/s1. The molecule has 25 heavy (non-hydrogen) atoms. The molecule has 0 aromatic heterocycles. The molecule has 0 amide bonds. The van der Waals surface area contributed by atoms with E-state index in [0.717, 1.165) is 5.57 Å². The highest BCUT2D eigenvalue weighted by Gasteiger charge is 2.44. The fourth-order valence-electron chi connectivity index (χ4n) is 3.01. The maximum absolute atomic E-state index is 12.0. The summed E-state index contributed by atoms with van der Waals surface area (Å²) in [6.45, 7) is 8.92. The summed E-state index contributed by atoms with van der Waals surface area (Å²) in [6, 6.07) is 0. The van der Waals surface area contributed by atoms with Gasteiger partial charge in [-0.05, 0) is 44.9 Å². The summed E-state index contributed by atoms with van der Waals surface area (Å²) < 4.78 is 10.8. The lowest BCUT2D eigenvalue weighted by molar-refractivity contribution is -0.150. The number of aliphatic hydroxyl groups is 2. The van der Waals surface area contributed by atoms with Crippen molar-refractivity contribution in [2.45, 2.75) is 51.9 Å². The van der Waals surface area contributed by atoms with Crippen LogP contribution in [0, 0.1) is 5.92 Å². The minimum atomic E-state index is -0.857. The zero-order valence-electron chi connectivity index (χ0n) is 14.7. The van der Waals surface area contributed by atoms with Gasteiger partial charge in [0.25, 0.3) is 0 Å². The second-order valence-electron chi connectivity index (χ2n) is 6.46. The SMILES string of the molecule is C=C1C(=O)O[C@@H]2/C=C(/C)[C@H](O)C/C=C(\C)C[C@@H](OC(=O)/C(O)=C/C)[C@@H]12. The third kappa shape index (κ3) is 4.20. The minimum Gasteiger partial charge on any atom is -0.502 e. The van der Waals surface area contributed by atoms with Gasteiger partial charge in [0.2, 0.25) is 0 Å². The zero-order chi connectivity index (χ0) is 18.7. The molecule has 136 valence electrons. The van der Waals surface area contributed by atoms with Gasteiger partial charge in [0, 0.05) is 12.0 Å². The zero-order valence-corrected chi connectivity index (χ0v) is 14.7. The van der Waals surface area contributed by atoms with Crippen LogP contribution in [0.4, 0.5) is 0 Å². The summed E-state index contributed by atoms with van der Waals surface area (Å²) in [5.74, 6) is -2.48. The van der Waals surface area contributed by atoms with Crippen molar-refractivity contribution in [2.75, 3.05) is 0 Å². The van der Waals surface area contributed by atoms with E-state index in [2.05, 4.69) is 6.58 Å². The van der Waals surface area contributed by atoms with Crippen LogP contribution >= 0.6 is 0 Å². The molecule has 0 radical (unpaired) electrons. The molecule has 6 nitrogen and oxygen atoms in total. The molecule has 1 aliphatic heterocycles. The first-order valence-electron chi connectivity index (χ1n) is 8.22. The van der Waals surface area contributed by atoms with Crippen molar-refractivity contribution in [1.82, 2.24) is 0 Å². The van der Waals surface area contributed by atoms with Gasteiger partial charge in [0.05, 0.1) is 12.0 Å². The second-order valence-corrected chi connectivity index (χ2v) is 6.46. The summed E-state index contributed by atoms with van der Waals surface area (Å²) in [4.78, 5) is 24.0. The molecule has 1 saturated heterocycles. The average molecular weight is 348 g/mol. The maximum Gasteiger partial charge on any atom is 0.373 e. The Morgan fingerprint density at radius 2 is 2.12 bits per heavy atom. The van der Waals surface area contributed by atoms with Gasteiger partial charge >= 0.3 is 11.9 Å². The molecule has 0 aromatic carbocycles. The summed E-state index contributed by atoms with van der Waals surface area (Å²) >= 11 is 0. The van der Waals surface area contributed by atoms with E-state index in [1.807, 2.05) is 13.0 Å². The molecule has 6 heteroatoms. The Morgan fingerprint density at radius 1 is 1.44 bits per heavy atom. The Labute approximate surface area is 147 Å². The third-order valence-electron chi connectivity index (χ3n) is 4.57. The Kier molecular flexibility index (Phi) is 5.85. The number of rotatable bonds is 2. The van der Waals surface area contributed by atoms with Gasteiger partial charge in [-0.25, -0.2) is 9.59 Å². The van der Waals surface area contributed by atoms with Crippen LogP contribution in [0.1, 0.15) is 33.6 Å². The van der Waals surface area contributed by atoms with Gasteiger partial charge in [-0.15, -0.1) is 0 Å². The molecule has 0 unspecified atom stereocenters. The van der Waals surface area contributed by atoms with Gasteiger partial charge in [-0.2, -0.15) is 0 Å². The Morgan fingerprint density at radius 3 is 2.76 bits per heavy atom. The topological polar surface area (TPSA) is 93.1 Å². The molecule has 1 aliphatic carbocycles. The van der Waals surface area contributed by atoms with Gasteiger partial charge in [0.15, 0.2) is 5.76 Å². The first kappa shape index (κ1) is 19.0. The highest BCUT2D eigenvalue weighted by molar-refractivity contribution is 5.91. The van der Waals surface area contributed by atoms with Crippen molar-refractivity contribution in [3.8, 4) is 0 Å². The second kappa shape index (κ2) is 7.70. The maximum atomic E-state index is 12.0. The summed E-state index contributed by atoms with van der Waals surface area (Å²) in [5.41, 5.74) is 1.79. The van der Waals surface area contributed by atoms with Crippen molar-refractivity contribution in [2.24, 2.45) is 5.92 Å². The van der Waals surface area contributed by atoms with Crippen LogP contribution in [0.2, 0.25) is 0 Å². The van der Waals surface area contributed by atoms with Crippen LogP contribution in [0.25, 0.3) is 0 Å². The van der Waals surface area contributed by atoms with E-state index in [4.69, 9.17) is 9.47 Å². The van der Waals surface area contributed by atoms with Gasteiger partial charge in [-0.1, -0.05) is 18.2 Å². The Bertz CT molecular complexity index is 669. The summed E-state index contributed by atoms with van der Waals surface area (Å²) in [5, 5.41) is 19.8. The van der Waals surface area contributed by atoms with Crippen LogP contribution in [-0.4, -0.2) is 40.5 Å². The van der Waals surface area contributed by atoms with Crippen LogP contribution < -0.4 is 0 Å². The number of fused-ring (bicyclic) bond motifs is 1. The van der Waals surface area contributed by atoms with Crippen molar-refractivity contribution in [3.05, 3.63) is 47.3 Å². The van der Waals surface area contributed by atoms with Crippen molar-refractivity contribution in [1.29, 1.82) is 0 Å². The fraction of sp³-hybridized carbons (Fsp3) is 0.474. The Balaban J connectivity index is 2.42. The number of carbonyl (C=O) groups excluding carboxylic acids is 2.